The minimum absolute atomic E-state index is 0.228. The Morgan fingerprint density at radius 3 is 2.38 bits per heavy atom. The van der Waals surface area contributed by atoms with Crippen LogP contribution in [0.3, 0.4) is 0 Å². The number of aromatic nitrogens is 3. The van der Waals surface area contributed by atoms with Gasteiger partial charge in [0.2, 0.25) is 0 Å². The highest BCUT2D eigenvalue weighted by molar-refractivity contribution is 9.10. The zero-order valence-electron chi connectivity index (χ0n) is 10.2. The molecule has 2 rings (SSSR count). The van der Waals surface area contributed by atoms with Crippen LogP contribution in [0.15, 0.2) is 27.8 Å². The fourth-order valence-electron chi connectivity index (χ4n) is 1.71. The second-order valence-corrected chi connectivity index (χ2v) is 7.37. The third-order valence-corrected chi connectivity index (χ3v) is 4.28. The van der Waals surface area contributed by atoms with E-state index in [0.29, 0.717) is 0 Å². The second-order valence-electron chi connectivity index (χ2n) is 3.99. The Kier molecular flexibility index (Phi) is 4.06. The maximum Gasteiger partial charge on any atom is 0.417 e. The maximum absolute atomic E-state index is 13.1. The minimum atomic E-state index is -4.63. The Morgan fingerprint density at radius 1 is 1.29 bits per heavy atom. The van der Waals surface area contributed by atoms with Crippen LogP contribution in [-0.2, 0) is 22.3 Å². The Hall–Kier alpha value is -1.13. The number of benzene rings is 1. The molecule has 0 saturated heterocycles. The average Bonchev–Trinajstić information content (AvgIpc) is 2.69. The molecular weight excluding hydrogens is 399 g/mol. The van der Waals surface area contributed by atoms with E-state index < -0.39 is 25.9 Å². The monoisotopic (exact) mass is 403 g/mol. The van der Waals surface area contributed by atoms with E-state index in [2.05, 4.69) is 26.1 Å². The zero-order valence-corrected chi connectivity index (χ0v) is 13.3. The van der Waals surface area contributed by atoms with Crippen molar-refractivity contribution in [1.29, 1.82) is 0 Å². The Bertz CT molecular complexity index is 804. The van der Waals surface area contributed by atoms with Crippen molar-refractivity contribution in [3.05, 3.63) is 28.2 Å². The summed E-state index contributed by atoms with van der Waals surface area (Å²) in [6, 6.07) is 3.43. The van der Waals surface area contributed by atoms with E-state index in [1.54, 1.807) is 0 Å². The summed E-state index contributed by atoms with van der Waals surface area (Å²) < 4.78 is 62.8. The number of hydrogen-bond acceptors (Lipinski definition) is 4. The lowest BCUT2D eigenvalue weighted by Gasteiger charge is -2.12. The lowest BCUT2D eigenvalue weighted by Crippen LogP contribution is -2.09. The van der Waals surface area contributed by atoms with Gasteiger partial charge in [0.1, 0.15) is 0 Å². The molecule has 5 nitrogen and oxygen atoms in total. The molecule has 1 heterocycles. The van der Waals surface area contributed by atoms with Crippen LogP contribution in [0.25, 0.3) is 11.4 Å². The van der Waals surface area contributed by atoms with Crippen molar-refractivity contribution >= 4 is 35.7 Å². The molecule has 1 aromatic heterocycles. The van der Waals surface area contributed by atoms with Gasteiger partial charge in [-0.2, -0.15) is 13.2 Å². The van der Waals surface area contributed by atoms with Gasteiger partial charge in [0.25, 0.3) is 14.2 Å². The first kappa shape index (κ1) is 16.2. The molecule has 0 atom stereocenters. The highest BCUT2D eigenvalue weighted by Crippen LogP contribution is 2.38. The fourth-order valence-corrected chi connectivity index (χ4v) is 3.02. The normalized spacial score (nSPS) is 12.7. The van der Waals surface area contributed by atoms with Crippen molar-refractivity contribution < 1.29 is 21.6 Å². The Labute approximate surface area is 130 Å². The molecule has 0 amide bonds. The third-order valence-electron chi connectivity index (χ3n) is 2.58. The highest BCUT2D eigenvalue weighted by Gasteiger charge is 2.35. The van der Waals surface area contributed by atoms with E-state index in [1.807, 2.05) is 0 Å². The minimum Gasteiger partial charge on any atom is -0.300 e. The summed E-state index contributed by atoms with van der Waals surface area (Å²) in [6.07, 6.45) is -4.63. The molecule has 0 bridgehead atoms. The fraction of sp³-hybridized carbons (Fsp3) is 0.200. The number of halogens is 5. The van der Waals surface area contributed by atoms with Gasteiger partial charge in [-0.05, 0) is 18.2 Å². The second kappa shape index (κ2) is 5.25. The topological polar surface area (TPSA) is 64.8 Å². The Balaban J connectivity index is 2.72. The summed E-state index contributed by atoms with van der Waals surface area (Å²) in [5.41, 5.74) is -1.27. The highest BCUT2D eigenvalue weighted by atomic mass is 79.9. The van der Waals surface area contributed by atoms with Crippen LogP contribution >= 0.6 is 26.6 Å². The summed E-state index contributed by atoms with van der Waals surface area (Å²) in [7, 11) is 2.15. The predicted molar refractivity (Wildman–Crippen MR) is 72.2 cm³/mol. The van der Waals surface area contributed by atoms with Crippen molar-refractivity contribution in [2.75, 3.05) is 0 Å². The van der Waals surface area contributed by atoms with E-state index in [4.69, 9.17) is 10.7 Å². The smallest absolute Gasteiger partial charge is 0.300 e. The maximum atomic E-state index is 13.1. The summed E-state index contributed by atoms with van der Waals surface area (Å²) in [5.74, 6) is -0.256. The van der Waals surface area contributed by atoms with E-state index in [9.17, 15) is 21.6 Å². The summed E-state index contributed by atoms with van der Waals surface area (Å²) >= 11 is 2.96. The molecule has 2 aromatic rings. The van der Waals surface area contributed by atoms with Crippen LogP contribution in [-0.4, -0.2) is 23.2 Å². The first-order valence-corrected chi connectivity index (χ1v) is 8.33. The lowest BCUT2D eigenvalue weighted by molar-refractivity contribution is -0.137. The molecule has 11 heteroatoms. The summed E-state index contributed by atoms with van der Waals surface area (Å²) in [5, 5.41) is 6.18. The molecule has 0 aliphatic heterocycles. The third kappa shape index (κ3) is 3.22. The lowest BCUT2D eigenvalue weighted by atomic mass is 10.1. The molecule has 1 aromatic carbocycles. The van der Waals surface area contributed by atoms with Gasteiger partial charge in [-0.1, -0.05) is 15.9 Å². The summed E-state index contributed by atoms with van der Waals surface area (Å²) in [4.78, 5) is 0. The van der Waals surface area contributed by atoms with Crippen LogP contribution in [0, 0.1) is 0 Å². The first-order chi connectivity index (χ1) is 9.51. The van der Waals surface area contributed by atoms with E-state index >= 15 is 0 Å². The van der Waals surface area contributed by atoms with Gasteiger partial charge in [0, 0.05) is 27.8 Å². The van der Waals surface area contributed by atoms with Crippen molar-refractivity contribution in [3.8, 4) is 11.4 Å². The SMILES string of the molecule is Cn1c(-c2ccc(Br)cc2C(F)(F)F)nnc1S(=O)(=O)Cl. The number of alkyl halides is 3. The zero-order chi connectivity index (χ0) is 16.0. The van der Waals surface area contributed by atoms with Gasteiger partial charge < -0.3 is 0 Å². The van der Waals surface area contributed by atoms with Gasteiger partial charge in [0.05, 0.1) is 5.56 Å². The molecule has 0 aliphatic rings. The molecule has 21 heavy (non-hydrogen) atoms. The van der Waals surface area contributed by atoms with Crippen LogP contribution < -0.4 is 0 Å². The standard InChI is InChI=1S/C10H6BrClF3N3O2S/c1-18-8(16-17-9(18)21(12,19)20)6-3-2-5(11)4-7(6)10(13,14)15/h2-4H,1H3. The van der Waals surface area contributed by atoms with Gasteiger partial charge in [-0.15, -0.1) is 10.2 Å². The molecular formula is C10H6BrClF3N3O2S. The van der Waals surface area contributed by atoms with Crippen molar-refractivity contribution in [2.45, 2.75) is 11.3 Å². The van der Waals surface area contributed by atoms with Crippen LogP contribution in [0.1, 0.15) is 5.56 Å². The molecule has 0 aliphatic carbocycles. The molecule has 0 unspecified atom stereocenters. The van der Waals surface area contributed by atoms with Crippen LogP contribution in [0.2, 0.25) is 0 Å². The number of nitrogens with zero attached hydrogens (tertiary/aromatic N) is 3. The quantitative estimate of drug-likeness (QED) is 0.721. The van der Waals surface area contributed by atoms with Crippen LogP contribution in [0.4, 0.5) is 13.2 Å². The van der Waals surface area contributed by atoms with Crippen molar-refractivity contribution in [3.63, 3.8) is 0 Å². The largest absolute Gasteiger partial charge is 0.417 e. The molecule has 114 valence electrons. The van der Waals surface area contributed by atoms with E-state index in [0.717, 1.165) is 10.6 Å². The van der Waals surface area contributed by atoms with Crippen molar-refractivity contribution in [2.24, 2.45) is 7.05 Å². The average molecular weight is 405 g/mol. The van der Waals surface area contributed by atoms with Gasteiger partial charge in [-0.25, -0.2) is 8.42 Å². The number of rotatable bonds is 2. The van der Waals surface area contributed by atoms with Crippen LogP contribution in [0.5, 0.6) is 0 Å². The molecule has 0 N–H and O–H groups in total. The molecule has 0 spiro atoms. The van der Waals surface area contributed by atoms with Gasteiger partial charge in [0.15, 0.2) is 5.82 Å². The van der Waals surface area contributed by atoms with Gasteiger partial charge in [-0.3, -0.25) is 4.57 Å². The summed E-state index contributed by atoms with van der Waals surface area (Å²) in [6.45, 7) is 0. The number of hydrogen-bond donors (Lipinski definition) is 0. The van der Waals surface area contributed by atoms with E-state index in [-0.39, 0.29) is 15.9 Å². The predicted octanol–water partition coefficient (Wildman–Crippen LogP) is 3.19. The molecule has 0 radical (unpaired) electrons. The first-order valence-electron chi connectivity index (χ1n) is 5.23. The van der Waals surface area contributed by atoms with Crippen molar-refractivity contribution in [1.82, 2.24) is 14.8 Å². The Morgan fingerprint density at radius 2 is 1.90 bits per heavy atom. The molecule has 0 fully saturated rings. The van der Waals surface area contributed by atoms with Gasteiger partial charge >= 0.3 is 6.18 Å². The van der Waals surface area contributed by atoms with E-state index in [1.165, 1.54) is 19.2 Å². The molecule has 0 saturated carbocycles.